The topological polar surface area (TPSA) is 81.8 Å². The average Bonchev–Trinajstić information content (AvgIpc) is 3.08. The van der Waals surface area contributed by atoms with Crippen LogP contribution in [0.1, 0.15) is 47.5 Å². The molecular formula is C19H32N4O3S. The van der Waals surface area contributed by atoms with Gasteiger partial charge in [0.25, 0.3) is 0 Å². The third kappa shape index (κ3) is 5.35. The van der Waals surface area contributed by atoms with E-state index in [1.165, 1.54) is 4.31 Å². The number of nitrogens with one attached hydrogen (secondary N) is 2. The van der Waals surface area contributed by atoms with Crippen LogP contribution in [-0.2, 0) is 10.0 Å². The smallest absolute Gasteiger partial charge is 0.319 e. The van der Waals surface area contributed by atoms with Crippen molar-refractivity contribution in [1.82, 2.24) is 9.62 Å². The number of urea groups is 1. The minimum atomic E-state index is -3.59. The quantitative estimate of drug-likeness (QED) is 0.773. The fraction of sp³-hybridized carbons (Fsp3) is 0.632. The molecule has 0 unspecified atom stereocenters. The Morgan fingerprint density at radius 2 is 1.74 bits per heavy atom. The van der Waals surface area contributed by atoms with Crippen LogP contribution in [0.5, 0.6) is 0 Å². The lowest BCUT2D eigenvalue weighted by Crippen LogP contribution is -2.43. The first-order valence-electron chi connectivity index (χ1n) is 9.56. The largest absolute Gasteiger partial charge is 0.370 e. The summed E-state index contributed by atoms with van der Waals surface area (Å²) in [4.78, 5) is 14.8. The Bertz CT molecular complexity index is 762. The second-order valence-corrected chi connectivity index (χ2v) is 9.73. The maximum Gasteiger partial charge on any atom is 0.319 e. The van der Waals surface area contributed by atoms with Gasteiger partial charge in [-0.15, -0.1) is 0 Å². The molecule has 1 aromatic carbocycles. The average molecular weight is 397 g/mol. The van der Waals surface area contributed by atoms with Crippen molar-refractivity contribution >= 4 is 27.4 Å². The number of anilines is 2. The highest BCUT2D eigenvalue weighted by Crippen LogP contribution is 2.32. The first kappa shape index (κ1) is 21.5. The van der Waals surface area contributed by atoms with Gasteiger partial charge in [0, 0.05) is 31.7 Å². The molecule has 27 heavy (non-hydrogen) atoms. The summed E-state index contributed by atoms with van der Waals surface area (Å²) in [7, 11) is -3.59. The second kappa shape index (κ2) is 8.48. The van der Waals surface area contributed by atoms with Crippen LogP contribution in [0.2, 0.25) is 0 Å². The van der Waals surface area contributed by atoms with Gasteiger partial charge < -0.3 is 15.5 Å². The zero-order valence-corrected chi connectivity index (χ0v) is 17.8. The van der Waals surface area contributed by atoms with E-state index < -0.39 is 10.0 Å². The Kier molecular flexibility index (Phi) is 6.75. The van der Waals surface area contributed by atoms with Crippen LogP contribution in [0.15, 0.2) is 23.1 Å². The van der Waals surface area contributed by atoms with Crippen LogP contribution in [0.4, 0.5) is 16.2 Å². The van der Waals surface area contributed by atoms with E-state index in [0.717, 1.165) is 31.6 Å². The minimum absolute atomic E-state index is 0.195. The van der Waals surface area contributed by atoms with Crippen LogP contribution in [0.3, 0.4) is 0 Å². The fourth-order valence-electron chi connectivity index (χ4n) is 3.22. The third-order valence-electron chi connectivity index (χ3n) is 4.49. The van der Waals surface area contributed by atoms with Crippen molar-refractivity contribution in [2.45, 2.75) is 57.9 Å². The molecule has 1 aliphatic heterocycles. The number of nitrogens with zero attached hydrogens (tertiary/aromatic N) is 2. The number of rotatable bonds is 6. The Hall–Kier alpha value is -1.80. The SMILES string of the molecule is CCN(CC)S(=O)(=O)c1ccc(N2CCCC2)c(NC(=O)NC(C)(C)C)c1. The van der Waals surface area contributed by atoms with Gasteiger partial charge in [-0.3, -0.25) is 0 Å². The summed E-state index contributed by atoms with van der Waals surface area (Å²) in [6.07, 6.45) is 2.18. The number of benzene rings is 1. The molecule has 0 saturated carbocycles. The van der Waals surface area contributed by atoms with Gasteiger partial charge in [-0.05, 0) is 51.8 Å². The van der Waals surface area contributed by atoms with E-state index in [1.807, 2.05) is 34.6 Å². The van der Waals surface area contributed by atoms with Crippen LogP contribution in [-0.4, -0.2) is 50.5 Å². The van der Waals surface area contributed by atoms with Crippen molar-refractivity contribution in [2.75, 3.05) is 36.4 Å². The third-order valence-corrected chi connectivity index (χ3v) is 6.54. The highest BCUT2D eigenvalue weighted by Gasteiger charge is 2.25. The molecule has 0 aliphatic carbocycles. The van der Waals surface area contributed by atoms with E-state index in [1.54, 1.807) is 18.2 Å². The number of sulfonamides is 1. The van der Waals surface area contributed by atoms with Crippen LogP contribution >= 0.6 is 0 Å². The van der Waals surface area contributed by atoms with E-state index in [2.05, 4.69) is 15.5 Å². The molecular weight excluding hydrogens is 364 g/mol. The molecule has 2 N–H and O–H groups in total. The molecule has 0 atom stereocenters. The molecule has 0 bridgehead atoms. The lowest BCUT2D eigenvalue weighted by molar-refractivity contribution is 0.244. The van der Waals surface area contributed by atoms with Crippen LogP contribution in [0.25, 0.3) is 0 Å². The number of carbonyl (C=O) groups is 1. The lowest BCUT2D eigenvalue weighted by Gasteiger charge is -2.25. The summed E-state index contributed by atoms with van der Waals surface area (Å²) >= 11 is 0. The molecule has 1 saturated heterocycles. The van der Waals surface area contributed by atoms with Gasteiger partial charge in [0.05, 0.1) is 16.3 Å². The summed E-state index contributed by atoms with van der Waals surface area (Å²) in [5, 5.41) is 5.72. The van der Waals surface area contributed by atoms with Crippen LogP contribution < -0.4 is 15.5 Å². The van der Waals surface area contributed by atoms with Gasteiger partial charge in [-0.25, -0.2) is 13.2 Å². The number of amides is 2. The number of hydrogen-bond acceptors (Lipinski definition) is 4. The fourth-order valence-corrected chi connectivity index (χ4v) is 4.70. The maximum atomic E-state index is 12.9. The molecule has 1 aliphatic rings. The predicted octanol–water partition coefficient (Wildman–Crippen LogP) is 3.24. The first-order chi connectivity index (χ1) is 12.6. The summed E-state index contributed by atoms with van der Waals surface area (Å²) in [5.74, 6) is 0. The van der Waals surface area contributed by atoms with Gasteiger partial charge >= 0.3 is 6.03 Å². The monoisotopic (exact) mass is 396 g/mol. The number of carbonyl (C=O) groups excluding carboxylic acids is 1. The Morgan fingerprint density at radius 3 is 2.26 bits per heavy atom. The van der Waals surface area contributed by atoms with E-state index in [0.29, 0.717) is 18.8 Å². The Labute approximate surface area is 163 Å². The van der Waals surface area contributed by atoms with Crippen molar-refractivity contribution in [2.24, 2.45) is 0 Å². The molecule has 2 amide bonds. The number of hydrogen-bond donors (Lipinski definition) is 2. The van der Waals surface area contributed by atoms with E-state index in [9.17, 15) is 13.2 Å². The van der Waals surface area contributed by atoms with Gasteiger partial charge in [-0.2, -0.15) is 4.31 Å². The maximum absolute atomic E-state index is 12.9. The van der Waals surface area contributed by atoms with Crippen molar-refractivity contribution in [3.63, 3.8) is 0 Å². The normalized spacial score (nSPS) is 15.3. The molecule has 1 aromatic rings. The van der Waals surface area contributed by atoms with E-state index in [-0.39, 0.29) is 16.5 Å². The van der Waals surface area contributed by atoms with Gasteiger partial charge in [-0.1, -0.05) is 13.8 Å². The van der Waals surface area contributed by atoms with Crippen molar-refractivity contribution in [3.8, 4) is 0 Å². The van der Waals surface area contributed by atoms with Gasteiger partial charge in [0.1, 0.15) is 0 Å². The van der Waals surface area contributed by atoms with E-state index in [4.69, 9.17) is 0 Å². The zero-order valence-electron chi connectivity index (χ0n) is 17.0. The minimum Gasteiger partial charge on any atom is -0.370 e. The highest BCUT2D eigenvalue weighted by atomic mass is 32.2. The van der Waals surface area contributed by atoms with E-state index >= 15 is 0 Å². The Morgan fingerprint density at radius 1 is 1.15 bits per heavy atom. The highest BCUT2D eigenvalue weighted by molar-refractivity contribution is 7.89. The molecule has 0 spiro atoms. The summed E-state index contributed by atoms with van der Waals surface area (Å²) in [6, 6.07) is 4.66. The summed E-state index contributed by atoms with van der Waals surface area (Å²) in [6.45, 7) is 11.9. The zero-order chi connectivity index (χ0) is 20.2. The molecule has 0 radical (unpaired) electrons. The molecule has 1 fully saturated rings. The Balaban J connectivity index is 2.41. The first-order valence-corrected chi connectivity index (χ1v) is 11.0. The lowest BCUT2D eigenvalue weighted by atomic mass is 10.1. The molecule has 1 heterocycles. The van der Waals surface area contributed by atoms with Crippen molar-refractivity contribution < 1.29 is 13.2 Å². The summed E-state index contributed by atoms with van der Waals surface area (Å²) in [5.41, 5.74) is 0.991. The molecule has 7 nitrogen and oxygen atoms in total. The second-order valence-electron chi connectivity index (χ2n) is 7.79. The summed E-state index contributed by atoms with van der Waals surface area (Å²) < 4.78 is 27.2. The molecule has 0 aromatic heterocycles. The van der Waals surface area contributed by atoms with Gasteiger partial charge in [0.2, 0.25) is 10.0 Å². The van der Waals surface area contributed by atoms with Crippen LogP contribution in [0, 0.1) is 0 Å². The molecule has 2 rings (SSSR count). The molecule has 8 heteroatoms. The predicted molar refractivity (Wildman–Crippen MR) is 110 cm³/mol. The standard InChI is InChI=1S/C19H32N4O3S/c1-6-23(7-2)27(25,26)15-10-11-17(22-12-8-9-13-22)16(14-15)20-18(24)21-19(3,4)5/h10-11,14H,6-9,12-13H2,1-5H3,(H2,20,21,24). The van der Waals surface area contributed by atoms with Crippen molar-refractivity contribution in [1.29, 1.82) is 0 Å². The van der Waals surface area contributed by atoms with Gasteiger partial charge in [0.15, 0.2) is 0 Å². The molecule has 152 valence electrons. The van der Waals surface area contributed by atoms with Crippen molar-refractivity contribution in [3.05, 3.63) is 18.2 Å².